The van der Waals surface area contributed by atoms with Crippen LogP contribution in [0.25, 0.3) is 0 Å². The van der Waals surface area contributed by atoms with Crippen LogP contribution >= 0.6 is 0 Å². The van der Waals surface area contributed by atoms with Crippen LogP contribution in [-0.2, 0) is 12.4 Å². The third-order valence-corrected chi connectivity index (χ3v) is 2.69. The molecule has 21 heavy (non-hydrogen) atoms. The fourth-order valence-corrected chi connectivity index (χ4v) is 1.54. The number of hydrogen-bond donors (Lipinski definition) is 0. The van der Waals surface area contributed by atoms with Crippen molar-refractivity contribution < 1.29 is 26.3 Å². The third kappa shape index (κ3) is 3.09. The lowest BCUT2D eigenvalue weighted by molar-refractivity contribution is -0.142. The average Bonchev–Trinajstić information content (AvgIpc) is 2.39. The molecular weight excluding hydrogens is 299 g/mol. The molecular formula is C11H3BF6N3-. The van der Waals surface area contributed by atoms with Gasteiger partial charge in [0, 0.05) is 0 Å². The summed E-state index contributed by atoms with van der Waals surface area (Å²) in [5, 5.41) is 26.4. The molecule has 0 aliphatic rings. The second-order valence-corrected chi connectivity index (χ2v) is 4.09. The van der Waals surface area contributed by atoms with Gasteiger partial charge in [-0.1, -0.05) is 12.1 Å². The minimum Gasteiger partial charge on any atom is -0.246 e. The fraction of sp³-hybridized carbons (Fsp3) is 0.182. The van der Waals surface area contributed by atoms with Gasteiger partial charge >= 0.3 is 18.5 Å². The van der Waals surface area contributed by atoms with E-state index < -0.39 is 35.1 Å². The number of halogens is 6. The molecule has 0 aromatic heterocycles. The van der Waals surface area contributed by atoms with E-state index >= 15 is 0 Å². The highest BCUT2D eigenvalue weighted by Gasteiger charge is 2.39. The lowest BCUT2D eigenvalue weighted by atomic mass is 9.25. The zero-order chi connectivity index (χ0) is 16.5. The molecule has 0 bridgehead atoms. The topological polar surface area (TPSA) is 71.4 Å². The minimum absolute atomic E-state index is 0.142. The Balaban J connectivity index is 3.75. The Hall–Kier alpha value is -2.67. The molecule has 0 aliphatic carbocycles. The van der Waals surface area contributed by atoms with Crippen LogP contribution in [0.5, 0.6) is 0 Å². The van der Waals surface area contributed by atoms with E-state index in [1.165, 1.54) is 17.9 Å². The molecule has 0 amide bonds. The molecule has 0 saturated carbocycles. The molecule has 1 aromatic carbocycles. The van der Waals surface area contributed by atoms with Gasteiger partial charge in [0.05, 0.1) is 11.1 Å². The van der Waals surface area contributed by atoms with E-state index in [0.717, 1.165) is 0 Å². The molecule has 1 rings (SSSR count). The Bertz CT molecular complexity index is 618. The van der Waals surface area contributed by atoms with Gasteiger partial charge in [-0.2, -0.15) is 31.8 Å². The molecule has 0 fully saturated rings. The summed E-state index contributed by atoms with van der Waals surface area (Å²) in [7, 11) is 0. The molecule has 0 aliphatic heterocycles. The zero-order valence-corrected chi connectivity index (χ0v) is 9.92. The monoisotopic (exact) mass is 302 g/mol. The molecule has 0 N–H and O–H groups in total. The lowest BCUT2D eigenvalue weighted by Crippen LogP contribution is -2.45. The first-order valence-electron chi connectivity index (χ1n) is 5.19. The quantitative estimate of drug-likeness (QED) is 0.591. The van der Waals surface area contributed by atoms with Crippen molar-refractivity contribution >= 4 is 11.6 Å². The van der Waals surface area contributed by atoms with Gasteiger partial charge in [-0.05, 0) is 6.07 Å². The first-order chi connectivity index (χ1) is 9.50. The van der Waals surface area contributed by atoms with Gasteiger partial charge in [0.2, 0.25) is 0 Å². The van der Waals surface area contributed by atoms with Crippen LogP contribution in [0, 0.1) is 33.7 Å². The van der Waals surface area contributed by atoms with Crippen LogP contribution in [0.4, 0.5) is 26.3 Å². The Morgan fingerprint density at radius 2 is 1.05 bits per heavy atom. The van der Waals surface area contributed by atoms with Crippen LogP contribution in [0.2, 0.25) is 0 Å². The normalized spacial score (nSPS) is 12.1. The Morgan fingerprint density at radius 3 is 1.29 bits per heavy atom. The molecule has 0 radical (unpaired) electrons. The zero-order valence-electron chi connectivity index (χ0n) is 9.92. The summed E-state index contributed by atoms with van der Waals surface area (Å²) in [5.74, 6) is 3.58. The Labute approximate surface area is 114 Å². The van der Waals surface area contributed by atoms with Crippen LogP contribution in [-0.4, -0.2) is 6.15 Å². The maximum atomic E-state index is 12.6. The van der Waals surface area contributed by atoms with Gasteiger partial charge in [0.25, 0.3) is 0 Å². The summed E-state index contributed by atoms with van der Waals surface area (Å²) in [4.78, 5) is 0. The lowest BCUT2D eigenvalue weighted by Gasteiger charge is -2.21. The maximum Gasteiger partial charge on any atom is 0.416 e. The van der Waals surface area contributed by atoms with Gasteiger partial charge in [0.15, 0.2) is 0 Å². The first-order valence-corrected chi connectivity index (χ1v) is 5.19. The third-order valence-electron chi connectivity index (χ3n) is 2.69. The van der Waals surface area contributed by atoms with Crippen LogP contribution < -0.4 is 5.46 Å². The highest BCUT2D eigenvalue weighted by atomic mass is 19.4. The highest BCUT2D eigenvalue weighted by Crippen LogP contribution is 2.35. The second kappa shape index (κ2) is 5.03. The summed E-state index contributed by atoms with van der Waals surface area (Å²) in [6, 6.07) is 0.284. The maximum absolute atomic E-state index is 12.6. The van der Waals surface area contributed by atoms with E-state index in [0.29, 0.717) is 0 Å². The fourth-order valence-electron chi connectivity index (χ4n) is 1.54. The van der Waals surface area contributed by atoms with Gasteiger partial charge in [-0.15, -0.1) is 17.9 Å². The van der Waals surface area contributed by atoms with Crippen molar-refractivity contribution in [1.29, 1.82) is 15.8 Å². The van der Waals surface area contributed by atoms with Crippen molar-refractivity contribution in [1.82, 2.24) is 0 Å². The summed E-state index contributed by atoms with van der Waals surface area (Å²) < 4.78 is 75.8. The number of nitrogens with zero attached hydrogens (tertiary/aromatic N) is 3. The number of rotatable bonds is 1. The smallest absolute Gasteiger partial charge is 0.246 e. The number of alkyl halides is 6. The van der Waals surface area contributed by atoms with Gasteiger partial charge in [-0.25, -0.2) is 15.8 Å². The van der Waals surface area contributed by atoms with Gasteiger partial charge in [-0.3, -0.25) is 0 Å². The van der Waals surface area contributed by atoms with E-state index in [-0.39, 0.29) is 18.2 Å². The molecule has 108 valence electrons. The van der Waals surface area contributed by atoms with E-state index in [9.17, 15) is 26.3 Å². The standard InChI is InChI=1S/C11H3BF6N3/c13-10(14,15)7-1-8(11(16,17)18)3-9(2-7)12(4-19,5-20)6-21/h1-3H/q-1. The Morgan fingerprint density at radius 1 is 0.714 bits per heavy atom. The predicted octanol–water partition coefficient (Wildman–Crippen LogP) is 2.57. The summed E-state index contributed by atoms with van der Waals surface area (Å²) in [6.07, 6.45) is -13.7. The molecule has 0 heterocycles. The van der Waals surface area contributed by atoms with Crippen molar-refractivity contribution in [3.8, 4) is 17.9 Å². The average molecular weight is 302 g/mol. The van der Waals surface area contributed by atoms with Gasteiger partial charge in [0.1, 0.15) is 0 Å². The summed E-state index contributed by atoms with van der Waals surface area (Å²) in [5.41, 5.74) is -4.27. The van der Waals surface area contributed by atoms with Crippen molar-refractivity contribution in [3.05, 3.63) is 29.3 Å². The SMILES string of the molecule is N#C[B-](C#N)(C#N)c1cc(C(F)(F)F)cc(C(F)(F)F)c1. The van der Waals surface area contributed by atoms with Crippen LogP contribution in [0.3, 0.4) is 0 Å². The molecule has 3 nitrogen and oxygen atoms in total. The first kappa shape index (κ1) is 16.4. The van der Waals surface area contributed by atoms with E-state index in [1.54, 1.807) is 0 Å². The number of hydrogen-bond acceptors (Lipinski definition) is 3. The van der Waals surface area contributed by atoms with Gasteiger partial charge < -0.3 is 0 Å². The van der Waals surface area contributed by atoms with Crippen molar-refractivity contribution in [2.75, 3.05) is 0 Å². The van der Waals surface area contributed by atoms with E-state index in [4.69, 9.17) is 15.8 Å². The summed E-state index contributed by atoms with van der Waals surface area (Å²) in [6.45, 7) is 0. The van der Waals surface area contributed by atoms with Crippen molar-refractivity contribution in [2.24, 2.45) is 0 Å². The molecule has 0 unspecified atom stereocenters. The predicted molar refractivity (Wildman–Crippen MR) is 58.7 cm³/mol. The van der Waals surface area contributed by atoms with E-state index in [2.05, 4.69) is 0 Å². The van der Waals surface area contributed by atoms with Crippen molar-refractivity contribution in [3.63, 3.8) is 0 Å². The molecule has 0 atom stereocenters. The summed E-state index contributed by atoms with van der Waals surface area (Å²) >= 11 is 0. The molecule has 0 spiro atoms. The number of benzene rings is 1. The van der Waals surface area contributed by atoms with Crippen LogP contribution in [0.15, 0.2) is 18.2 Å². The molecule has 0 saturated heterocycles. The Kier molecular flexibility index (Phi) is 3.92. The largest absolute Gasteiger partial charge is 0.416 e. The van der Waals surface area contributed by atoms with E-state index in [1.807, 2.05) is 0 Å². The van der Waals surface area contributed by atoms with Crippen molar-refractivity contribution in [2.45, 2.75) is 12.4 Å². The minimum atomic E-state index is -5.11. The molecule has 1 aromatic rings. The second-order valence-electron chi connectivity index (χ2n) is 4.09. The highest BCUT2D eigenvalue weighted by molar-refractivity contribution is 7.09. The van der Waals surface area contributed by atoms with Crippen LogP contribution in [0.1, 0.15) is 11.1 Å². The number of nitriles is 3. The molecule has 10 heteroatoms.